The van der Waals surface area contributed by atoms with Crippen molar-refractivity contribution in [1.82, 2.24) is 4.78 Å². The number of hydrogen-bond acceptors (Lipinski definition) is 3. The molecule has 0 aliphatic carbocycles. The topological polar surface area (TPSA) is 35.8 Å². The third-order valence-electron chi connectivity index (χ3n) is 1.78. The van der Waals surface area contributed by atoms with Crippen molar-refractivity contribution in [1.29, 1.82) is 0 Å². The summed E-state index contributed by atoms with van der Waals surface area (Å²) in [6.45, 7) is 4.36. The van der Waals surface area contributed by atoms with E-state index in [2.05, 4.69) is 28.3 Å². The van der Waals surface area contributed by atoms with Gasteiger partial charge < -0.3 is 5.11 Å². The Morgan fingerprint density at radius 2 is 1.75 bits per heavy atom. The van der Waals surface area contributed by atoms with Crippen LogP contribution >= 0.6 is 9.39 Å². The Labute approximate surface area is 100 Å². The van der Waals surface area contributed by atoms with Crippen molar-refractivity contribution in [3.63, 3.8) is 0 Å². The van der Waals surface area contributed by atoms with Crippen LogP contribution in [0.5, 0.6) is 5.75 Å². The molecule has 16 heavy (non-hydrogen) atoms. The summed E-state index contributed by atoms with van der Waals surface area (Å²) >= 11 is 0. The third-order valence-corrected chi connectivity index (χ3v) is 1.92. The van der Waals surface area contributed by atoms with E-state index in [1.54, 1.807) is 35.3 Å². The number of hydrogen-bond donors (Lipinski definition) is 1. The second kappa shape index (κ2) is 9.17. The zero-order valence-electron chi connectivity index (χ0n) is 10.2. The van der Waals surface area contributed by atoms with Crippen LogP contribution in [0.4, 0.5) is 0 Å². The van der Waals surface area contributed by atoms with Gasteiger partial charge in [0.15, 0.2) is 0 Å². The van der Waals surface area contributed by atoms with Gasteiger partial charge in [0, 0.05) is 7.05 Å². The molecule has 1 N–H and O–H groups in total. The molecule has 0 aliphatic heterocycles. The highest BCUT2D eigenvalue weighted by molar-refractivity contribution is 7.13. The molecule has 0 aromatic heterocycles. The Bertz CT molecular complexity index is 294. The molecule has 0 bridgehead atoms. The van der Waals surface area contributed by atoms with E-state index >= 15 is 0 Å². The lowest BCUT2D eigenvalue weighted by molar-refractivity contribution is 0.475. The molecule has 4 heteroatoms. The molecule has 1 aromatic rings. The van der Waals surface area contributed by atoms with Crippen molar-refractivity contribution in [3.05, 3.63) is 29.8 Å². The van der Waals surface area contributed by atoms with Crippen LogP contribution in [0.3, 0.4) is 0 Å². The first-order valence-corrected chi connectivity index (χ1v) is 5.93. The highest BCUT2D eigenvalue weighted by Crippen LogP contribution is 2.08. The second-order valence-electron chi connectivity index (χ2n) is 3.41. The average Bonchev–Trinajstić information content (AvgIpc) is 2.28. The molecule has 3 nitrogen and oxygen atoms in total. The number of rotatable bonds is 3. The van der Waals surface area contributed by atoms with Gasteiger partial charge in [0.2, 0.25) is 0 Å². The van der Waals surface area contributed by atoms with Crippen molar-refractivity contribution in [2.45, 2.75) is 26.7 Å². The van der Waals surface area contributed by atoms with Gasteiger partial charge in [-0.1, -0.05) is 26.7 Å². The molecule has 0 radical (unpaired) electrons. The quantitative estimate of drug-likeness (QED) is 0.500. The number of hydrazone groups is 1. The molecule has 0 spiro atoms. The Morgan fingerprint density at radius 3 is 2.12 bits per heavy atom. The predicted molar refractivity (Wildman–Crippen MR) is 73.8 cm³/mol. The van der Waals surface area contributed by atoms with Gasteiger partial charge in [0.25, 0.3) is 0 Å². The minimum Gasteiger partial charge on any atom is -0.508 e. The first-order chi connectivity index (χ1) is 7.60. The van der Waals surface area contributed by atoms with Crippen LogP contribution in [0.15, 0.2) is 29.4 Å². The Hall–Kier alpha value is -1.08. The molecule has 0 heterocycles. The van der Waals surface area contributed by atoms with Crippen LogP contribution < -0.4 is 0 Å². The Balaban J connectivity index is 0.000000487. The summed E-state index contributed by atoms with van der Waals surface area (Å²) in [4.78, 5) is 0. The fourth-order valence-corrected chi connectivity index (χ4v) is 0.785. The molecule has 1 unspecified atom stereocenters. The lowest BCUT2D eigenvalue weighted by atomic mass is 10.2. The fourth-order valence-electron chi connectivity index (χ4n) is 0.718. The summed E-state index contributed by atoms with van der Waals surface area (Å²) in [6.07, 6.45) is 4.35. The number of phenols is 1. The van der Waals surface area contributed by atoms with Gasteiger partial charge in [-0.15, -0.1) is 0 Å². The maximum Gasteiger partial charge on any atom is 0.115 e. The van der Waals surface area contributed by atoms with Gasteiger partial charge in [0.1, 0.15) is 5.75 Å². The molecular weight excluding hydrogens is 219 g/mol. The number of aromatic hydroxyl groups is 1. The smallest absolute Gasteiger partial charge is 0.115 e. The summed E-state index contributed by atoms with van der Waals surface area (Å²) < 4.78 is 1.63. The molecule has 0 fully saturated rings. The SMILES string of the molecule is CCCC.CN(P)/N=C/c1ccc(O)cc1. The van der Waals surface area contributed by atoms with Crippen LogP contribution in [0.1, 0.15) is 32.3 Å². The minimum atomic E-state index is 0.270. The number of nitrogens with zero attached hydrogens (tertiary/aromatic N) is 2. The van der Waals surface area contributed by atoms with E-state index in [0.29, 0.717) is 0 Å². The first kappa shape index (κ1) is 14.9. The van der Waals surface area contributed by atoms with E-state index in [4.69, 9.17) is 5.11 Å². The number of benzene rings is 1. The van der Waals surface area contributed by atoms with Gasteiger partial charge in [0.05, 0.1) is 6.21 Å². The summed E-state index contributed by atoms with van der Waals surface area (Å²) in [5.74, 6) is 0.270. The van der Waals surface area contributed by atoms with Crippen molar-refractivity contribution < 1.29 is 5.11 Å². The van der Waals surface area contributed by atoms with Crippen LogP contribution in [0.2, 0.25) is 0 Å². The standard InChI is InChI=1S/C8H11N2OP.C4H10/c1-10(12)9-6-7-2-4-8(11)5-3-7;1-3-4-2/h2-6,11H,12H2,1H3;3-4H2,1-2H3/b9-6+;. The van der Waals surface area contributed by atoms with Crippen molar-refractivity contribution in [2.75, 3.05) is 7.05 Å². The molecule has 1 atom stereocenters. The minimum absolute atomic E-state index is 0.270. The van der Waals surface area contributed by atoms with Gasteiger partial charge in [-0.25, -0.2) is 0 Å². The van der Waals surface area contributed by atoms with E-state index in [1.165, 1.54) is 12.8 Å². The van der Waals surface area contributed by atoms with Gasteiger partial charge in [-0.2, -0.15) is 5.10 Å². The normalized spacial score (nSPS) is 9.75. The lowest BCUT2D eigenvalue weighted by Crippen LogP contribution is -1.92. The van der Waals surface area contributed by atoms with Crippen molar-refractivity contribution >= 4 is 15.6 Å². The van der Waals surface area contributed by atoms with Crippen LogP contribution in [-0.4, -0.2) is 23.1 Å². The van der Waals surface area contributed by atoms with Gasteiger partial charge >= 0.3 is 0 Å². The average molecular weight is 240 g/mol. The maximum atomic E-state index is 8.98. The second-order valence-corrected chi connectivity index (χ2v) is 4.16. The van der Waals surface area contributed by atoms with Crippen molar-refractivity contribution in [3.8, 4) is 5.75 Å². The van der Waals surface area contributed by atoms with E-state index < -0.39 is 0 Å². The Morgan fingerprint density at radius 1 is 1.25 bits per heavy atom. The molecular formula is C12H21N2OP. The molecule has 0 saturated carbocycles. The molecule has 0 aliphatic rings. The molecule has 1 aromatic carbocycles. The summed E-state index contributed by atoms with van der Waals surface area (Å²) in [6, 6.07) is 6.86. The van der Waals surface area contributed by atoms with Crippen molar-refractivity contribution in [2.24, 2.45) is 5.10 Å². The summed E-state index contributed by atoms with van der Waals surface area (Å²) in [5, 5.41) is 13.0. The van der Waals surface area contributed by atoms with Gasteiger partial charge in [-0.3, -0.25) is 4.78 Å². The van der Waals surface area contributed by atoms with E-state index in [0.717, 1.165) is 5.56 Å². The summed E-state index contributed by atoms with van der Waals surface area (Å²) in [5.41, 5.74) is 0.960. The number of unbranched alkanes of at least 4 members (excludes halogenated alkanes) is 1. The monoisotopic (exact) mass is 240 g/mol. The van der Waals surface area contributed by atoms with Crippen LogP contribution in [-0.2, 0) is 0 Å². The predicted octanol–water partition coefficient (Wildman–Crippen LogP) is 3.25. The molecule has 90 valence electrons. The highest BCUT2D eigenvalue weighted by Gasteiger charge is 1.88. The van der Waals surface area contributed by atoms with E-state index in [-0.39, 0.29) is 5.75 Å². The zero-order chi connectivity index (χ0) is 12.4. The molecule has 0 saturated heterocycles. The third kappa shape index (κ3) is 8.25. The zero-order valence-corrected chi connectivity index (χ0v) is 11.4. The van der Waals surface area contributed by atoms with Crippen LogP contribution in [0.25, 0.3) is 0 Å². The lowest BCUT2D eigenvalue weighted by Gasteiger charge is -2.01. The van der Waals surface area contributed by atoms with Gasteiger partial charge in [-0.05, 0) is 39.2 Å². The Kier molecular flexibility index (Phi) is 8.55. The fraction of sp³-hybridized carbons (Fsp3) is 0.417. The number of phenolic OH excluding ortho intramolecular Hbond substituents is 1. The summed E-state index contributed by atoms with van der Waals surface area (Å²) in [7, 11) is 4.25. The molecule has 1 rings (SSSR count). The largest absolute Gasteiger partial charge is 0.508 e. The first-order valence-electron chi connectivity index (χ1n) is 5.41. The van der Waals surface area contributed by atoms with E-state index in [9.17, 15) is 0 Å². The highest BCUT2D eigenvalue weighted by atomic mass is 31.0. The van der Waals surface area contributed by atoms with Crippen LogP contribution in [0, 0.1) is 0 Å². The van der Waals surface area contributed by atoms with E-state index in [1.807, 2.05) is 7.05 Å². The molecule has 0 amide bonds. The maximum absolute atomic E-state index is 8.98.